The Balaban J connectivity index is 1.93. The minimum absolute atomic E-state index is 0.121. The van der Waals surface area contributed by atoms with E-state index in [4.69, 9.17) is 19.5 Å². The number of methoxy groups -OCH3 is 2. The minimum Gasteiger partial charge on any atom is -0.423 e. The average Bonchev–Trinajstić information content (AvgIpc) is 2.49. The molecule has 0 saturated carbocycles. The molecule has 0 radical (unpaired) electrons. The van der Waals surface area contributed by atoms with E-state index in [-0.39, 0.29) is 6.29 Å². The van der Waals surface area contributed by atoms with Crippen molar-refractivity contribution in [1.82, 2.24) is 0 Å². The van der Waals surface area contributed by atoms with Gasteiger partial charge in [-0.1, -0.05) is 12.1 Å². The first-order chi connectivity index (χ1) is 9.65. The summed E-state index contributed by atoms with van der Waals surface area (Å²) >= 11 is 0. The summed E-state index contributed by atoms with van der Waals surface area (Å²) in [7, 11) is 1.96. The predicted molar refractivity (Wildman–Crippen MR) is 79.0 cm³/mol. The number of hydrogen-bond donors (Lipinski definition) is 2. The van der Waals surface area contributed by atoms with E-state index in [0.717, 1.165) is 31.6 Å². The Morgan fingerprint density at radius 1 is 1.10 bits per heavy atom. The van der Waals surface area contributed by atoms with Crippen LogP contribution in [0.1, 0.15) is 12.8 Å². The van der Waals surface area contributed by atoms with Gasteiger partial charge in [0, 0.05) is 38.9 Å². The van der Waals surface area contributed by atoms with E-state index >= 15 is 0 Å². The molecule has 1 aliphatic heterocycles. The number of benzene rings is 1. The normalized spacial score (nSPS) is 16.8. The highest BCUT2D eigenvalue weighted by atomic mass is 16.7. The van der Waals surface area contributed by atoms with Crippen molar-refractivity contribution in [3.63, 3.8) is 0 Å². The second kappa shape index (κ2) is 7.08. The SMILES string of the molecule is COC(OC)C1CCN(c2ccc(B(O)O)cc2)CC1. The van der Waals surface area contributed by atoms with E-state index in [1.165, 1.54) is 0 Å². The first-order valence-electron chi connectivity index (χ1n) is 6.92. The van der Waals surface area contributed by atoms with Crippen molar-refractivity contribution in [2.45, 2.75) is 19.1 Å². The molecule has 1 aromatic carbocycles. The zero-order valence-electron chi connectivity index (χ0n) is 12.0. The van der Waals surface area contributed by atoms with Crippen molar-refractivity contribution in [2.75, 3.05) is 32.2 Å². The summed E-state index contributed by atoms with van der Waals surface area (Å²) in [5, 5.41) is 18.2. The van der Waals surface area contributed by atoms with E-state index in [1.807, 2.05) is 12.1 Å². The zero-order valence-corrected chi connectivity index (χ0v) is 12.0. The summed E-state index contributed by atoms with van der Waals surface area (Å²) in [4.78, 5) is 2.30. The molecule has 6 heteroatoms. The smallest absolute Gasteiger partial charge is 0.423 e. The number of ether oxygens (including phenoxy) is 2. The molecule has 5 nitrogen and oxygen atoms in total. The molecule has 1 saturated heterocycles. The molecule has 1 aromatic rings. The number of hydrogen-bond acceptors (Lipinski definition) is 5. The lowest BCUT2D eigenvalue weighted by atomic mass is 9.80. The van der Waals surface area contributed by atoms with Crippen LogP contribution in [0.3, 0.4) is 0 Å². The first kappa shape index (κ1) is 15.3. The molecule has 1 fully saturated rings. The van der Waals surface area contributed by atoms with Crippen LogP contribution in [0.5, 0.6) is 0 Å². The molecule has 0 amide bonds. The minimum atomic E-state index is -1.40. The van der Waals surface area contributed by atoms with Crippen LogP contribution >= 0.6 is 0 Å². The molecule has 20 heavy (non-hydrogen) atoms. The number of piperidine rings is 1. The van der Waals surface area contributed by atoms with Crippen LogP contribution in [-0.2, 0) is 9.47 Å². The summed E-state index contributed by atoms with van der Waals surface area (Å²) in [6.45, 7) is 1.91. The second-order valence-electron chi connectivity index (χ2n) is 5.13. The van der Waals surface area contributed by atoms with Crippen LogP contribution in [0, 0.1) is 5.92 Å². The van der Waals surface area contributed by atoms with E-state index in [0.29, 0.717) is 11.4 Å². The van der Waals surface area contributed by atoms with Crippen molar-refractivity contribution in [3.8, 4) is 0 Å². The molecule has 0 bridgehead atoms. The summed E-state index contributed by atoms with van der Waals surface area (Å²) < 4.78 is 10.7. The van der Waals surface area contributed by atoms with Gasteiger partial charge < -0.3 is 24.4 Å². The third-order valence-corrected chi connectivity index (χ3v) is 3.95. The van der Waals surface area contributed by atoms with Crippen LogP contribution in [0.2, 0.25) is 0 Å². The highest BCUT2D eigenvalue weighted by Crippen LogP contribution is 2.26. The Morgan fingerprint density at radius 2 is 1.65 bits per heavy atom. The van der Waals surface area contributed by atoms with Crippen LogP contribution < -0.4 is 10.4 Å². The van der Waals surface area contributed by atoms with Gasteiger partial charge in [0.2, 0.25) is 0 Å². The van der Waals surface area contributed by atoms with Gasteiger partial charge in [0.1, 0.15) is 0 Å². The summed E-state index contributed by atoms with van der Waals surface area (Å²) in [5.74, 6) is 0.430. The monoisotopic (exact) mass is 279 g/mol. The summed E-state index contributed by atoms with van der Waals surface area (Å²) in [5.41, 5.74) is 1.63. The van der Waals surface area contributed by atoms with Gasteiger partial charge in [-0.05, 0) is 30.4 Å². The fourth-order valence-electron chi connectivity index (χ4n) is 2.77. The van der Waals surface area contributed by atoms with E-state index in [2.05, 4.69) is 4.90 Å². The van der Waals surface area contributed by atoms with Gasteiger partial charge in [-0.3, -0.25) is 0 Å². The number of nitrogens with zero attached hydrogens (tertiary/aromatic N) is 1. The lowest BCUT2D eigenvalue weighted by Gasteiger charge is -2.36. The molecule has 1 heterocycles. The van der Waals surface area contributed by atoms with E-state index in [9.17, 15) is 0 Å². The van der Waals surface area contributed by atoms with Gasteiger partial charge in [0.05, 0.1) is 0 Å². The Labute approximate surface area is 120 Å². The van der Waals surface area contributed by atoms with Crippen molar-refractivity contribution in [2.24, 2.45) is 5.92 Å². The summed E-state index contributed by atoms with van der Waals surface area (Å²) in [6, 6.07) is 7.36. The molecule has 0 atom stereocenters. The first-order valence-corrected chi connectivity index (χ1v) is 6.92. The van der Waals surface area contributed by atoms with Crippen molar-refractivity contribution < 1.29 is 19.5 Å². The largest absolute Gasteiger partial charge is 0.488 e. The van der Waals surface area contributed by atoms with Crippen LogP contribution in [-0.4, -0.2) is 50.8 Å². The Bertz CT molecular complexity index is 400. The number of rotatable bonds is 5. The summed E-state index contributed by atoms with van der Waals surface area (Å²) in [6.07, 6.45) is 1.93. The molecule has 1 aliphatic rings. The fourth-order valence-corrected chi connectivity index (χ4v) is 2.77. The topological polar surface area (TPSA) is 62.2 Å². The molecular weight excluding hydrogens is 257 g/mol. The molecule has 2 N–H and O–H groups in total. The van der Waals surface area contributed by atoms with Crippen molar-refractivity contribution in [1.29, 1.82) is 0 Å². The maximum atomic E-state index is 9.09. The highest BCUT2D eigenvalue weighted by Gasteiger charge is 2.26. The van der Waals surface area contributed by atoms with E-state index in [1.54, 1.807) is 26.4 Å². The average molecular weight is 279 g/mol. The number of anilines is 1. The van der Waals surface area contributed by atoms with Gasteiger partial charge in [0.25, 0.3) is 0 Å². The molecule has 0 spiro atoms. The van der Waals surface area contributed by atoms with Gasteiger partial charge in [-0.25, -0.2) is 0 Å². The Morgan fingerprint density at radius 3 is 2.10 bits per heavy atom. The van der Waals surface area contributed by atoms with Gasteiger partial charge in [-0.2, -0.15) is 0 Å². The molecule has 0 aliphatic carbocycles. The molecule has 110 valence electrons. The maximum Gasteiger partial charge on any atom is 0.488 e. The van der Waals surface area contributed by atoms with Crippen molar-refractivity contribution >= 4 is 18.3 Å². The lowest BCUT2D eigenvalue weighted by Crippen LogP contribution is -2.39. The van der Waals surface area contributed by atoms with Gasteiger partial charge in [-0.15, -0.1) is 0 Å². The third kappa shape index (κ3) is 3.52. The third-order valence-electron chi connectivity index (χ3n) is 3.95. The standard InChI is InChI=1S/C14H22BNO4/c1-19-14(20-2)11-7-9-16(10-8-11)13-5-3-12(4-6-13)15(17)18/h3-6,11,14,17-18H,7-10H2,1-2H3. The van der Waals surface area contributed by atoms with E-state index < -0.39 is 7.12 Å². The second-order valence-corrected chi connectivity index (χ2v) is 5.13. The molecule has 2 rings (SSSR count). The zero-order chi connectivity index (χ0) is 14.5. The molecule has 0 aromatic heterocycles. The lowest BCUT2D eigenvalue weighted by molar-refractivity contribution is -0.141. The molecule has 0 unspecified atom stereocenters. The fraction of sp³-hybridized carbons (Fsp3) is 0.571. The quantitative estimate of drug-likeness (QED) is 0.595. The predicted octanol–water partition coefficient (Wildman–Crippen LogP) is 0.202. The van der Waals surface area contributed by atoms with Crippen LogP contribution in [0.25, 0.3) is 0 Å². The maximum absolute atomic E-state index is 9.09. The Hall–Kier alpha value is -1.08. The van der Waals surface area contributed by atoms with Crippen molar-refractivity contribution in [3.05, 3.63) is 24.3 Å². The highest BCUT2D eigenvalue weighted by molar-refractivity contribution is 6.58. The van der Waals surface area contributed by atoms with Gasteiger partial charge in [0.15, 0.2) is 6.29 Å². The Kier molecular flexibility index (Phi) is 5.42. The van der Waals surface area contributed by atoms with Crippen LogP contribution in [0.15, 0.2) is 24.3 Å². The van der Waals surface area contributed by atoms with Crippen LogP contribution in [0.4, 0.5) is 5.69 Å². The van der Waals surface area contributed by atoms with Gasteiger partial charge >= 0.3 is 7.12 Å². The molecular formula is C14H22BNO4.